The molecule has 0 radical (unpaired) electrons. The predicted molar refractivity (Wildman–Crippen MR) is 81.2 cm³/mol. The zero-order valence-electron chi connectivity index (χ0n) is 11.0. The van der Waals surface area contributed by atoms with Gasteiger partial charge in [-0.25, -0.2) is 4.98 Å². The summed E-state index contributed by atoms with van der Waals surface area (Å²) in [5.41, 5.74) is 3.47. The molecule has 4 rings (SSSR count). The van der Waals surface area contributed by atoms with Gasteiger partial charge in [-0.3, -0.25) is 15.0 Å². The highest BCUT2D eigenvalue weighted by Crippen LogP contribution is 2.31. The average molecular weight is 262 g/mol. The van der Waals surface area contributed by atoms with Crippen LogP contribution in [0.25, 0.3) is 12.2 Å². The summed E-state index contributed by atoms with van der Waals surface area (Å²) in [4.78, 5) is 8.80. The number of aromatic nitrogens is 2. The van der Waals surface area contributed by atoms with Gasteiger partial charge in [0.1, 0.15) is 0 Å². The summed E-state index contributed by atoms with van der Waals surface area (Å²) in [6.45, 7) is 1.66. The van der Waals surface area contributed by atoms with E-state index in [1.165, 1.54) is 5.56 Å². The maximum atomic E-state index is 4.54. The smallest absolute Gasteiger partial charge is 0.154 e. The SMILES string of the molecule is C1=Cc2ccncc2N(N2CC=Cc3cccnc32)C1. The van der Waals surface area contributed by atoms with E-state index in [9.17, 15) is 0 Å². The molecule has 0 aliphatic carbocycles. The fourth-order valence-electron chi connectivity index (χ4n) is 2.69. The third-order valence-electron chi connectivity index (χ3n) is 3.62. The van der Waals surface area contributed by atoms with Crippen molar-refractivity contribution in [2.75, 3.05) is 23.1 Å². The molecule has 0 aromatic carbocycles. The highest BCUT2D eigenvalue weighted by Gasteiger charge is 2.23. The number of hydrogen-bond acceptors (Lipinski definition) is 4. The van der Waals surface area contributed by atoms with Gasteiger partial charge >= 0.3 is 0 Å². The molecule has 4 heterocycles. The molecule has 0 unspecified atom stereocenters. The first-order valence-electron chi connectivity index (χ1n) is 6.70. The third kappa shape index (κ3) is 1.69. The van der Waals surface area contributed by atoms with E-state index in [0.717, 1.165) is 30.2 Å². The normalized spacial score (nSPS) is 16.0. The van der Waals surface area contributed by atoms with Gasteiger partial charge < -0.3 is 0 Å². The Kier molecular flexibility index (Phi) is 2.52. The van der Waals surface area contributed by atoms with Crippen LogP contribution < -0.4 is 10.0 Å². The second-order valence-corrected chi connectivity index (χ2v) is 4.82. The van der Waals surface area contributed by atoms with E-state index in [1.54, 1.807) is 0 Å². The Bertz CT molecular complexity index is 644. The van der Waals surface area contributed by atoms with Crippen molar-refractivity contribution >= 4 is 23.7 Å². The van der Waals surface area contributed by atoms with Crippen molar-refractivity contribution in [3.05, 3.63) is 60.1 Å². The van der Waals surface area contributed by atoms with E-state index in [-0.39, 0.29) is 0 Å². The maximum Gasteiger partial charge on any atom is 0.154 e. The summed E-state index contributed by atoms with van der Waals surface area (Å²) < 4.78 is 0. The Balaban J connectivity index is 1.80. The number of hydrogen-bond donors (Lipinski definition) is 0. The van der Waals surface area contributed by atoms with Crippen LogP contribution in [0, 0.1) is 0 Å². The molecular weight excluding hydrogens is 248 g/mol. The molecule has 98 valence electrons. The second-order valence-electron chi connectivity index (χ2n) is 4.82. The predicted octanol–water partition coefficient (Wildman–Crippen LogP) is 2.76. The maximum absolute atomic E-state index is 4.54. The first-order chi connectivity index (χ1) is 9.93. The van der Waals surface area contributed by atoms with Crippen molar-refractivity contribution < 1.29 is 0 Å². The fourth-order valence-corrected chi connectivity index (χ4v) is 2.69. The Labute approximate surface area is 117 Å². The zero-order valence-corrected chi connectivity index (χ0v) is 11.0. The molecule has 0 N–H and O–H groups in total. The van der Waals surface area contributed by atoms with E-state index in [1.807, 2.05) is 30.7 Å². The lowest BCUT2D eigenvalue weighted by Crippen LogP contribution is -2.46. The van der Waals surface area contributed by atoms with Crippen LogP contribution >= 0.6 is 0 Å². The third-order valence-corrected chi connectivity index (χ3v) is 3.62. The summed E-state index contributed by atoms with van der Waals surface area (Å²) >= 11 is 0. The topological polar surface area (TPSA) is 32.3 Å². The first kappa shape index (κ1) is 11.2. The molecule has 2 aliphatic heterocycles. The van der Waals surface area contributed by atoms with Crippen molar-refractivity contribution in [3.8, 4) is 0 Å². The molecule has 0 amide bonds. The van der Waals surface area contributed by atoms with Crippen LogP contribution in [0.2, 0.25) is 0 Å². The van der Waals surface area contributed by atoms with Crippen LogP contribution in [0.4, 0.5) is 11.5 Å². The quantitative estimate of drug-likeness (QED) is 0.791. The second kappa shape index (κ2) is 4.49. The molecule has 20 heavy (non-hydrogen) atoms. The standard InChI is InChI=1S/C16H14N4/c1-4-14-6-3-11-20(16(14)18-8-1)19-10-2-5-13-7-9-17-12-15(13)19/h1-9,12H,10-11H2. The summed E-state index contributed by atoms with van der Waals surface area (Å²) in [7, 11) is 0. The number of nitrogens with zero attached hydrogens (tertiary/aromatic N) is 4. The number of hydrazine groups is 1. The van der Waals surface area contributed by atoms with E-state index in [2.05, 4.69) is 50.4 Å². The summed E-state index contributed by atoms with van der Waals surface area (Å²) in [5, 5.41) is 4.44. The van der Waals surface area contributed by atoms with Crippen LogP contribution in [0.1, 0.15) is 11.1 Å². The number of fused-ring (bicyclic) bond motifs is 2. The lowest BCUT2D eigenvalue weighted by atomic mass is 10.1. The molecule has 2 aromatic rings. The Morgan fingerprint density at radius 3 is 2.70 bits per heavy atom. The van der Waals surface area contributed by atoms with E-state index in [4.69, 9.17) is 0 Å². The largest absolute Gasteiger partial charge is 0.278 e. The monoisotopic (exact) mass is 262 g/mol. The fraction of sp³-hybridized carbons (Fsp3) is 0.125. The van der Waals surface area contributed by atoms with Gasteiger partial charge in [-0.05, 0) is 18.2 Å². The summed E-state index contributed by atoms with van der Waals surface area (Å²) in [6, 6.07) is 6.10. The minimum atomic E-state index is 0.826. The molecule has 0 bridgehead atoms. The van der Waals surface area contributed by atoms with E-state index in [0.29, 0.717) is 0 Å². The first-order valence-corrected chi connectivity index (χ1v) is 6.70. The van der Waals surface area contributed by atoms with Crippen molar-refractivity contribution in [3.63, 3.8) is 0 Å². The van der Waals surface area contributed by atoms with Crippen LogP contribution in [-0.2, 0) is 0 Å². The van der Waals surface area contributed by atoms with Gasteiger partial charge in [0.15, 0.2) is 5.82 Å². The molecule has 0 saturated heterocycles. The van der Waals surface area contributed by atoms with Crippen LogP contribution in [0.15, 0.2) is 48.9 Å². The minimum Gasteiger partial charge on any atom is -0.278 e. The molecular formula is C16H14N4. The van der Waals surface area contributed by atoms with Crippen molar-refractivity contribution in [2.24, 2.45) is 0 Å². The van der Waals surface area contributed by atoms with E-state index >= 15 is 0 Å². The molecule has 0 saturated carbocycles. The number of pyridine rings is 2. The van der Waals surface area contributed by atoms with Gasteiger partial charge in [0.25, 0.3) is 0 Å². The highest BCUT2D eigenvalue weighted by atomic mass is 15.6. The average Bonchev–Trinajstić information content (AvgIpc) is 2.54. The van der Waals surface area contributed by atoms with Gasteiger partial charge in [-0.15, -0.1) is 0 Å². The van der Waals surface area contributed by atoms with Gasteiger partial charge in [0.2, 0.25) is 0 Å². The highest BCUT2D eigenvalue weighted by molar-refractivity contribution is 5.76. The van der Waals surface area contributed by atoms with Crippen molar-refractivity contribution in [1.29, 1.82) is 0 Å². The number of anilines is 2. The minimum absolute atomic E-state index is 0.826. The Hall–Kier alpha value is -2.62. The Morgan fingerprint density at radius 1 is 0.900 bits per heavy atom. The van der Waals surface area contributed by atoms with Gasteiger partial charge in [-0.1, -0.05) is 24.3 Å². The van der Waals surface area contributed by atoms with Crippen molar-refractivity contribution in [2.45, 2.75) is 0 Å². The molecule has 2 aromatic heterocycles. The van der Waals surface area contributed by atoms with Gasteiger partial charge in [-0.2, -0.15) is 0 Å². The lowest BCUT2D eigenvalue weighted by Gasteiger charge is -2.40. The summed E-state index contributed by atoms with van der Waals surface area (Å²) in [6.07, 6.45) is 14.2. The molecule has 4 nitrogen and oxygen atoms in total. The molecule has 0 spiro atoms. The van der Waals surface area contributed by atoms with Gasteiger partial charge in [0, 0.05) is 23.5 Å². The van der Waals surface area contributed by atoms with E-state index < -0.39 is 0 Å². The number of rotatable bonds is 1. The molecule has 0 fully saturated rings. The van der Waals surface area contributed by atoms with Crippen molar-refractivity contribution in [1.82, 2.24) is 9.97 Å². The molecule has 0 atom stereocenters. The summed E-state index contributed by atoms with van der Waals surface area (Å²) in [5.74, 6) is 1.00. The van der Waals surface area contributed by atoms with Crippen LogP contribution in [0.5, 0.6) is 0 Å². The lowest BCUT2D eigenvalue weighted by molar-refractivity contribution is 0.775. The molecule has 2 aliphatic rings. The van der Waals surface area contributed by atoms with Crippen LogP contribution in [0.3, 0.4) is 0 Å². The Morgan fingerprint density at radius 2 is 1.75 bits per heavy atom. The zero-order chi connectivity index (χ0) is 13.4. The van der Waals surface area contributed by atoms with Gasteiger partial charge in [0.05, 0.1) is 25.0 Å². The molecule has 4 heteroatoms. The van der Waals surface area contributed by atoms with Crippen LogP contribution in [-0.4, -0.2) is 23.1 Å².